The van der Waals surface area contributed by atoms with E-state index in [2.05, 4.69) is 36.2 Å². The van der Waals surface area contributed by atoms with Crippen molar-refractivity contribution in [1.82, 2.24) is 10.3 Å². The number of nitrogens with one attached hydrogen (secondary N) is 1. The quantitative estimate of drug-likeness (QED) is 0.918. The second kappa shape index (κ2) is 4.44. The normalized spacial score (nSPS) is 10.1. The monoisotopic (exact) mass is 281 g/mol. The molecule has 1 aromatic carbocycles. The van der Waals surface area contributed by atoms with Gasteiger partial charge < -0.3 is 5.32 Å². The zero-order valence-corrected chi connectivity index (χ0v) is 9.98. The Morgan fingerprint density at radius 2 is 2.00 bits per heavy atom. The maximum Gasteiger partial charge on any atom is 0.256 e. The molecule has 0 radical (unpaired) electrons. The van der Waals surface area contributed by atoms with Crippen LogP contribution in [0, 0.1) is 6.92 Å². The van der Waals surface area contributed by atoms with Crippen molar-refractivity contribution >= 4 is 27.7 Å². The Balaban J connectivity index is 2.15. The number of carbonyl (C=O) groups excluding carboxylic acids is 1. The van der Waals surface area contributed by atoms with Crippen LogP contribution in [-0.4, -0.2) is 16.2 Å². The largest absolute Gasteiger partial charge is 0.302 e. The minimum absolute atomic E-state index is 0.244. The summed E-state index contributed by atoms with van der Waals surface area (Å²) in [5.41, 5.74) is 1.09. The summed E-state index contributed by atoms with van der Waals surface area (Å²) >= 11 is 3.30. The number of nitrogens with zero attached hydrogens (tertiary/aromatic N) is 2. The number of carbonyl (C=O) groups is 1. The van der Waals surface area contributed by atoms with Gasteiger partial charge in [-0.25, -0.2) is 4.63 Å². The summed E-state index contributed by atoms with van der Waals surface area (Å²) in [5, 5.41) is 9.74. The maximum absolute atomic E-state index is 11.7. The van der Waals surface area contributed by atoms with E-state index in [4.69, 9.17) is 0 Å². The first-order valence-electron chi connectivity index (χ1n) is 4.53. The lowest BCUT2D eigenvalue weighted by Crippen LogP contribution is -2.12. The lowest BCUT2D eigenvalue weighted by Gasteiger charge is -2.01. The highest BCUT2D eigenvalue weighted by Gasteiger charge is 2.10. The van der Waals surface area contributed by atoms with Crippen molar-refractivity contribution < 1.29 is 9.42 Å². The SMILES string of the molecule is Cc1nonc1NC(=O)c1ccc(Br)cc1. The standard InChI is InChI=1S/C10H8BrN3O2/c1-6-9(14-16-13-6)12-10(15)7-2-4-8(11)5-3-7/h2-5H,1H3,(H,12,14,15). The minimum Gasteiger partial charge on any atom is -0.302 e. The van der Waals surface area contributed by atoms with Gasteiger partial charge in [-0.15, -0.1) is 0 Å². The molecule has 0 aliphatic heterocycles. The van der Waals surface area contributed by atoms with Gasteiger partial charge in [0.15, 0.2) is 0 Å². The zero-order chi connectivity index (χ0) is 11.5. The number of amides is 1. The van der Waals surface area contributed by atoms with Crippen molar-refractivity contribution in [3.8, 4) is 0 Å². The molecule has 5 nitrogen and oxygen atoms in total. The molecule has 0 atom stereocenters. The molecule has 0 spiro atoms. The van der Waals surface area contributed by atoms with E-state index in [0.29, 0.717) is 17.1 Å². The van der Waals surface area contributed by atoms with Gasteiger partial charge in [-0.05, 0) is 36.3 Å². The fourth-order valence-electron chi connectivity index (χ4n) is 1.13. The van der Waals surface area contributed by atoms with Crippen LogP contribution in [0.5, 0.6) is 0 Å². The van der Waals surface area contributed by atoms with Crippen molar-refractivity contribution in [3.63, 3.8) is 0 Å². The van der Waals surface area contributed by atoms with Crippen molar-refractivity contribution in [1.29, 1.82) is 0 Å². The van der Waals surface area contributed by atoms with Crippen LogP contribution < -0.4 is 5.32 Å². The highest BCUT2D eigenvalue weighted by atomic mass is 79.9. The third-order valence-electron chi connectivity index (χ3n) is 1.99. The third-order valence-corrected chi connectivity index (χ3v) is 2.52. The lowest BCUT2D eigenvalue weighted by atomic mass is 10.2. The number of aryl methyl sites for hydroxylation is 1. The molecule has 1 amide bonds. The second-order valence-corrected chi connectivity index (χ2v) is 4.07. The molecule has 82 valence electrons. The zero-order valence-electron chi connectivity index (χ0n) is 8.40. The number of halogens is 1. The average Bonchev–Trinajstić information content (AvgIpc) is 2.65. The van der Waals surface area contributed by atoms with E-state index < -0.39 is 0 Å². The molecule has 1 N–H and O–H groups in total. The summed E-state index contributed by atoms with van der Waals surface area (Å²) in [4.78, 5) is 11.7. The van der Waals surface area contributed by atoms with Crippen LogP contribution in [0.4, 0.5) is 5.82 Å². The van der Waals surface area contributed by atoms with Crippen LogP contribution >= 0.6 is 15.9 Å². The topological polar surface area (TPSA) is 68.0 Å². The van der Waals surface area contributed by atoms with E-state index in [1.54, 1.807) is 31.2 Å². The molecule has 6 heteroatoms. The number of aromatic nitrogens is 2. The predicted molar refractivity (Wildman–Crippen MR) is 61.1 cm³/mol. The molecule has 0 saturated heterocycles. The van der Waals surface area contributed by atoms with Crippen LogP contribution in [-0.2, 0) is 0 Å². The summed E-state index contributed by atoms with van der Waals surface area (Å²) < 4.78 is 5.40. The lowest BCUT2D eigenvalue weighted by molar-refractivity contribution is 0.102. The molecule has 0 aliphatic rings. The van der Waals surface area contributed by atoms with Crippen molar-refractivity contribution in [2.24, 2.45) is 0 Å². The van der Waals surface area contributed by atoms with Gasteiger partial charge in [-0.3, -0.25) is 4.79 Å². The van der Waals surface area contributed by atoms with E-state index >= 15 is 0 Å². The molecule has 16 heavy (non-hydrogen) atoms. The van der Waals surface area contributed by atoms with Crippen molar-refractivity contribution in [2.75, 3.05) is 5.32 Å². The smallest absolute Gasteiger partial charge is 0.256 e. The molecular weight excluding hydrogens is 274 g/mol. The van der Waals surface area contributed by atoms with Crippen LogP contribution in [0.15, 0.2) is 33.4 Å². The van der Waals surface area contributed by atoms with Gasteiger partial charge in [-0.1, -0.05) is 21.1 Å². The highest BCUT2D eigenvalue weighted by molar-refractivity contribution is 9.10. The van der Waals surface area contributed by atoms with E-state index in [1.165, 1.54) is 0 Å². The number of hydrogen-bond acceptors (Lipinski definition) is 4. The number of rotatable bonds is 2. The molecule has 0 fully saturated rings. The van der Waals surface area contributed by atoms with E-state index in [9.17, 15) is 4.79 Å². The number of hydrogen-bond donors (Lipinski definition) is 1. The fraction of sp³-hybridized carbons (Fsp3) is 0.100. The van der Waals surface area contributed by atoms with Crippen molar-refractivity contribution in [3.05, 3.63) is 40.0 Å². The van der Waals surface area contributed by atoms with E-state index in [-0.39, 0.29) is 5.91 Å². The highest BCUT2D eigenvalue weighted by Crippen LogP contribution is 2.13. The van der Waals surface area contributed by atoms with Gasteiger partial charge in [0, 0.05) is 10.0 Å². The minimum atomic E-state index is -0.244. The summed E-state index contributed by atoms with van der Waals surface area (Å²) in [6.45, 7) is 1.70. The van der Waals surface area contributed by atoms with Crippen LogP contribution in [0.1, 0.15) is 16.1 Å². The van der Waals surface area contributed by atoms with Gasteiger partial charge in [-0.2, -0.15) is 0 Å². The molecule has 2 rings (SSSR count). The van der Waals surface area contributed by atoms with Gasteiger partial charge >= 0.3 is 0 Å². The molecule has 1 heterocycles. The first kappa shape index (κ1) is 10.8. The molecule has 0 bridgehead atoms. The Hall–Kier alpha value is -1.69. The maximum atomic E-state index is 11.7. The summed E-state index contributed by atoms with van der Waals surface area (Å²) in [6, 6.07) is 7.01. The van der Waals surface area contributed by atoms with Gasteiger partial charge in [0.1, 0.15) is 5.69 Å². The Bertz CT molecular complexity index is 507. The van der Waals surface area contributed by atoms with Crippen LogP contribution in [0.3, 0.4) is 0 Å². The van der Waals surface area contributed by atoms with Gasteiger partial charge in [0.25, 0.3) is 5.91 Å². The van der Waals surface area contributed by atoms with Gasteiger partial charge in [0.05, 0.1) is 0 Å². The Labute approximate surface area is 99.9 Å². The summed E-state index contributed by atoms with van der Waals surface area (Å²) in [5.74, 6) is 0.0965. The fourth-order valence-corrected chi connectivity index (χ4v) is 1.39. The number of anilines is 1. The molecule has 1 aromatic heterocycles. The van der Waals surface area contributed by atoms with Gasteiger partial charge in [0.2, 0.25) is 5.82 Å². The summed E-state index contributed by atoms with van der Waals surface area (Å²) in [6.07, 6.45) is 0. The Morgan fingerprint density at radius 3 is 2.56 bits per heavy atom. The first-order chi connectivity index (χ1) is 7.66. The van der Waals surface area contributed by atoms with E-state index in [0.717, 1.165) is 4.47 Å². The average molecular weight is 282 g/mol. The molecule has 0 unspecified atom stereocenters. The molecule has 0 aliphatic carbocycles. The predicted octanol–water partition coefficient (Wildman–Crippen LogP) is 2.39. The molecular formula is C10H8BrN3O2. The van der Waals surface area contributed by atoms with Crippen molar-refractivity contribution in [2.45, 2.75) is 6.92 Å². The first-order valence-corrected chi connectivity index (χ1v) is 5.32. The Kier molecular flexibility index (Phi) is 3.00. The summed E-state index contributed by atoms with van der Waals surface area (Å²) in [7, 11) is 0. The van der Waals surface area contributed by atoms with E-state index in [1.807, 2.05) is 0 Å². The third kappa shape index (κ3) is 2.27. The molecule has 2 aromatic rings. The van der Waals surface area contributed by atoms with Crippen LogP contribution in [0.25, 0.3) is 0 Å². The van der Waals surface area contributed by atoms with Crippen LogP contribution in [0.2, 0.25) is 0 Å². The second-order valence-electron chi connectivity index (χ2n) is 3.16. The molecule has 0 saturated carbocycles. The number of benzene rings is 1. The Morgan fingerprint density at radius 1 is 1.31 bits per heavy atom.